The SMILES string of the molecule is Brc1cc2c(c3ccccc13)-c1nc3ccccc3cc1C2(c1ccccc1)c1ccccc1. The van der Waals surface area contributed by atoms with Crippen molar-refractivity contribution in [2.75, 3.05) is 0 Å². The average Bonchev–Trinajstić information content (AvgIpc) is 3.18. The fourth-order valence-electron chi connectivity index (χ4n) is 5.78. The molecule has 0 aliphatic heterocycles. The number of rotatable bonds is 2. The molecule has 5 aromatic carbocycles. The van der Waals surface area contributed by atoms with Gasteiger partial charge in [0, 0.05) is 15.4 Å². The standard InChI is InChI=1S/C32H20BrN/c33-28-20-26-30(25-17-9-8-16-24(25)28)31-27(19-21-11-7-10-18-29(21)34-31)32(26,22-12-3-1-4-13-22)23-14-5-2-6-15-23/h1-20H. The maximum absolute atomic E-state index is 5.31. The van der Waals surface area contributed by atoms with E-state index in [-0.39, 0.29) is 0 Å². The van der Waals surface area contributed by atoms with Gasteiger partial charge in [0.05, 0.1) is 16.6 Å². The van der Waals surface area contributed by atoms with Gasteiger partial charge in [0.1, 0.15) is 0 Å². The average molecular weight is 498 g/mol. The Morgan fingerprint density at radius 3 is 1.85 bits per heavy atom. The summed E-state index contributed by atoms with van der Waals surface area (Å²) in [6.07, 6.45) is 0. The molecule has 1 heterocycles. The molecule has 0 atom stereocenters. The molecule has 1 aliphatic carbocycles. The summed E-state index contributed by atoms with van der Waals surface area (Å²) in [5.41, 5.74) is 7.88. The van der Waals surface area contributed by atoms with Crippen LogP contribution in [0.25, 0.3) is 32.9 Å². The first-order chi connectivity index (χ1) is 16.8. The largest absolute Gasteiger partial charge is 0.247 e. The van der Waals surface area contributed by atoms with E-state index in [0.29, 0.717) is 0 Å². The summed E-state index contributed by atoms with van der Waals surface area (Å²) in [6.45, 7) is 0. The molecule has 1 aromatic heterocycles. The van der Waals surface area contributed by atoms with Crippen molar-refractivity contribution in [1.29, 1.82) is 0 Å². The summed E-state index contributed by atoms with van der Waals surface area (Å²) < 4.78 is 1.11. The monoisotopic (exact) mass is 497 g/mol. The number of fused-ring (bicyclic) bond motifs is 6. The summed E-state index contributed by atoms with van der Waals surface area (Å²) in [6, 6.07) is 43.5. The van der Waals surface area contributed by atoms with E-state index in [9.17, 15) is 0 Å². The molecule has 0 radical (unpaired) electrons. The molecule has 0 spiro atoms. The van der Waals surface area contributed by atoms with Crippen LogP contribution in [0, 0.1) is 0 Å². The molecular weight excluding hydrogens is 478 g/mol. The Morgan fingerprint density at radius 1 is 0.559 bits per heavy atom. The minimum absolute atomic E-state index is 0.462. The van der Waals surface area contributed by atoms with Gasteiger partial charge in [0.25, 0.3) is 0 Å². The predicted molar refractivity (Wildman–Crippen MR) is 144 cm³/mol. The van der Waals surface area contributed by atoms with Gasteiger partial charge in [-0.25, -0.2) is 4.98 Å². The highest BCUT2D eigenvalue weighted by molar-refractivity contribution is 9.10. The highest BCUT2D eigenvalue weighted by Crippen LogP contribution is 2.58. The third-order valence-corrected chi connectivity index (χ3v) is 7.83. The molecule has 7 rings (SSSR count). The molecule has 0 saturated carbocycles. The minimum Gasteiger partial charge on any atom is -0.247 e. The zero-order valence-electron chi connectivity index (χ0n) is 18.4. The van der Waals surface area contributed by atoms with E-state index in [1.165, 1.54) is 38.6 Å². The summed E-state index contributed by atoms with van der Waals surface area (Å²) >= 11 is 3.92. The van der Waals surface area contributed by atoms with Crippen LogP contribution in [0.15, 0.2) is 126 Å². The molecular formula is C32H20BrN. The molecule has 1 aliphatic rings. The molecule has 2 heteroatoms. The van der Waals surface area contributed by atoms with Crippen molar-refractivity contribution in [3.63, 3.8) is 0 Å². The van der Waals surface area contributed by atoms with Crippen molar-refractivity contribution >= 4 is 37.6 Å². The maximum Gasteiger partial charge on any atom is 0.0767 e. The van der Waals surface area contributed by atoms with Gasteiger partial charge in [-0.3, -0.25) is 0 Å². The number of hydrogen-bond acceptors (Lipinski definition) is 1. The summed E-state index contributed by atoms with van der Waals surface area (Å²) in [4.78, 5) is 5.31. The molecule has 160 valence electrons. The van der Waals surface area contributed by atoms with Crippen molar-refractivity contribution in [2.45, 2.75) is 5.41 Å². The molecule has 0 N–H and O–H groups in total. The van der Waals surface area contributed by atoms with E-state index in [0.717, 1.165) is 21.1 Å². The molecule has 0 fully saturated rings. The Kier molecular flexibility index (Phi) is 4.27. The zero-order chi connectivity index (χ0) is 22.7. The highest BCUT2D eigenvalue weighted by atomic mass is 79.9. The first-order valence-corrected chi connectivity index (χ1v) is 12.3. The van der Waals surface area contributed by atoms with Crippen LogP contribution < -0.4 is 0 Å². The van der Waals surface area contributed by atoms with E-state index in [1.807, 2.05) is 0 Å². The van der Waals surface area contributed by atoms with E-state index < -0.39 is 5.41 Å². The Morgan fingerprint density at radius 2 is 1.15 bits per heavy atom. The number of benzene rings is 5. The van der Waals surface area contributed by atoms with Crippen molar-refractivity contribution in [1.82, 2.24) is 4.98 Å². The van der Waals surface area contributed by atoms with Crippen LogP contribution in [0.2, 0.25) is 0 Å². The fraction of sp³-hybridized carbons (Fsp3) is 0.0312. The quantitative estimate of drug-likeness (QED) is 0.233. The van der Waals surface area contributed by atoms with Crippen LogP contribution in [0.4, 0.5) is 0 Å². The number of aromatic nitrogens is 1. The second-order valence-electron chi connectivity index (χ2n) is 8.89. The van der Waals surface area contributed by atoms with Crippen LogP contribution in [-0.2, 0) is 5.41 Å². The van der Waals surface area contributed by atoms with Gasteiger partial charge in [0.2, 0.25) is 0 Å². The minimum atomic E-state index is -0.462. The van der Waals surface area contributed by atoms with Crippen LogP contribution >= 0.6 is 15.9 Å². The molecule has 0 bridgehead atoms. The summed E-state index contributed by atoms with van der Waals surface area (Å²) in [7, 11) is 0. The Labute approximate surface area is 206 Å². The lowest BCUT2D eigenvalue weighted by Crippen LogP contribution is -2.28. The third kappa shape index (κ3) is 2.58. The number of para-hydroxylation sites is 1. The van der Waals surface area contributed by atoms with Gasteiger partial charge in [-0.2, -0.15) is 0 Å². The van der Waals surface area contributed by atoms with Gasteiger partial charge in [-0.15, -0.1) is 0 Å². The van der Waals surface area contributed by atoms with Gasteiger partial charge >= 0.3 is 0 Å². The first-order valence-electron chi connectivity index (χ1n) is 11.5. The van der Waals surface area contributed by atoms with Gasteiger partial charge in [-0.05, 0) is 51.2 Å². The molecule has 34 heavy (non-hydrogen) atoms. The summed E-state index contributed by atoms with van der Waals surface area (Å²) in [5, 5.41) is 3.59. The maximum atomic E-state index is 5.31. The smallest absolute Gasteiger partial charge is 0.0767 e. The Hall–Kier alpha value is -3.75. The van der Waals surface area contributed by atoms with E-state index in [1.54, 1.807) is 0 Å². The number of hydrogen-bond donors (Lipinski definition) is 0. The first kappa shape index (κ1) is 19.7. The van der Waals surface area contributed by atoms with Crippen molar-refractivity contribution < 1.29 is 0 Å². The molecule has 1 nitrogen and oxygen atoms in total. The van der Waals surface area contributed by atoms with Gasteiger partial charge in [-0.1, -0.05) is 119 Å². The fourth-order valence-corrected chi connectivity index (χ4v) is 6.36. The zero-order valence-corrected chi connectivity index (χ0v) is 20.0. The molecule has 0 amide bonds. The van der Waals surface area contributed by atoms with Crippen LogP contribution in [0.1, 0.15) is 22.3 Å². The van der Waals surface area contributed by atoms with E-state index >= 15 is 0 Å². The van der Waals surface area contributed by atoms with E-state index in [2.05, 4.69) is 137 Å². The van der Waals surface area contributed by atoms with Crippen LogP contribution in [0.3, 0.4) is 0 Å². The molecule has 0 unspecified atom stereocenters. The van der Waals surface area contributed by atoms with Crippen molar-refractivity contribution in [2.24, 2.45) is 0 Å². The Bertz CT molecular complexity index is 1670. The van der Waals surface area contributed by atoms with Crippen LogP contribution in [-0.4, -0.2) is 4.98 Å². The van der Waals surface area contributed by atoms with Gasteiger partial charge in [0.15, 0.2) is 0 Å². The Balaban J connectivity index is 1.76. The topological polar surface area (TPSA) is 12.9 Å². The van der Waals surface area contributed by atoms with Crippen molar-refractivity contribution in [3.05, 3.63) is 148 Å². The van der Waals surface area contributed by atoms with E-state index in [4.69, 9.17) is 4.98 Å². The highest BCUT2D eigenvalue weighted by Gasteiger charge is 2.48. The lowest BCUT2D eigenvalue weighted by atomic mass is 9.67. The molecule has 0 saturated heterocycles. The summed E-state index contributed by atoms with van der Waals surface area (Å²) in [5.74, 6) is 0. The van der Waals surface area contributed by atoms with Crippen molar-refractivity contribution in [3.8, 4) is 11.3 Å². The predicted octanol–water partition coefficient (Wildman–Crippen LogP) is 8.51. The molecule has 6 aromatic rings. The normalized spacial score (nSPS) is 13.7. The second-order valence-corrected chi connectivity index (χ2v) is 9.74. The van der Waals surface area contributed by atoms with Gasteiger partial charge < -0.3 is 0 Å². The lowest BCUT2D eigenvalue weighted by molar-refractivity contribution is 0.768. The van der Waals surface area contributed by atoms with Crippen LogP contribution in [0.5, 0.6) is 0 Å². The number of pyridine rings is 1. The number of nitrogens with zero attached hydrogens (tertiary/aromatic N) is 1. The lowest BCUT2D eigenvalue weighted by Gasteiger charge is -2.34. The third-order valence-electron chi connectivity index (χ3n) is 7.18. The number of halogens is 1. The second kappa shape index (κ2) is 7.38.